The van der Waals surface area contributed by atoms with E-state index in [1.54, 1.807) is 7.11 Å². The maximum atomic E-state index is 5.27. The molecule has 0 radical (unpaired) electrons. The van der Waals surface area contributed by atoms with Crippen molar-refractivity contribution in [3.8, 4) is 0 Å². The van der Waals surface area contributed by atoms with Gasteiger partial charge in [-0.3, -0.25) is 4.90 Å². The summed E-state index contributed by atoms with van der Waals surface area (Å²) in [5.74, 6) is 0.880. The Morgan fingerprint density at radius 3 is 2.70 bits per heavy atom. The molecule has 3 heterocycles. The number of methoxy groups -OCH3 is 1. The number of piperidine rings is 1. The quantitative estimate of drug-likeness (QED) is 0.835. The Morgan fingerprint density at radius 2 is 1.95 bits per heavy atom. The smallest absolute Gasteiger partial charge is 0.225 e. The fourth-order valence-electron chi connectivity index (χ4n) is 3.74. The van der Waals surface area contributed by atoms with E-state index in [4.69, 9.17) is 4.74 Å². The van der Waals surface area contributed by atoms with Gasteiger partial charge in [0.25, 0.3) is 0 Å². The second-order valence-electron chi connectivity index (χ2n) is 5.88. The molecule has 0 aromatic carbocycles. The third kappa shape index (κ3) is 2.65. The highest BCUT2D eigenvalue weighted by Crippen LogP contribution is 2.37. The van der Waals surface area contributed by atoms with Crippen LogP contribution in [0.5, 0.6) is 0 Å². The number of nitrogens with zero attached hydrogens (tertiary/aromatic N) is 4. The molecule has 0 amide bonds. The largest absolute Gasteiger partial charge is 0.383 e. The van der Waals surface area contributed by atoms with E-state index in [2.05, 4.69) is 19.8 Å². The summed E-state index contributed by atoms with van der Waals surface area (Å²) >= 11 is 0. The molecular formula is C15H24N4O. The zero-order valence-corrected chi connectivity index (χ0v) is 12.3. The van der Waals surface area contributed by atoms with Crippen LogP contribution in [0.4, 0.5) is 5.95 Å². The number of hydrogen-bond acceptors (Lipinski definition) is 5. The minimum absolute atomic E-state index is 0.315. The Morgan fingerprint density at radius 1 is 1.20 bits per heavy atom. The Kier molecular flexibility index (Phi) is 4.17. The molecule has 0 saturated carbocycles. The molecule has 0 aliphatic carbocycles. The lowest BCUT2D eigenvalue weighted by Gasteiger charge is -2.46. The van der Waals surface area contributed by atoms with Crippen molar-refractivity contribution in [2.45, 2.75) is 31.2 Å². The Bertz CT molecular complexity index is 427. The summed E-state index contributed by atoms with van der Waals surface area (Å²) in [6.45, 7) is 5.20. The lowest BCUT2D eigenvalue weighted by Crippen LogP contribution is -2.56. The molecule has 2 aliphatic heterocycles. The third-order valence-corrected chi connectivity index (χ3v) is 4.70. The summed E-state index contributed by atoms with van der Waals surface area (Å²) in [5.41, 5.74) is 0.315. The first kappa shape index (κ1) is 13.8. The van der Waals surface area contributed by atoms with Crippen LogP contribution < -0.4 is 4.90 Å². The number of anilines is 1. The molecule has 0 unspecified atom stereocenters. The number of hydrogen-bond donors (Lipinski definition) is 0. The van der Waals surface area contributed by atoms with Gasteiger partial charge in [-0.05, 0) is 38.3 Å². The van der Waals surface area contributed by atoms with Crippen molar-refractivity contribution >= 4 is 5.95 Å². The lowest BCUT2D eigenvalue weighted by atomic mass is 9.86. The van der Waals surface area contributed by atoms with E-state index >= 15 is 0 Å². The van der Waals surface area contributed by atoms with Crippen molar-refractivity contribution in [3.63, 3.8) is 0 Å². The zero-order valence-electron chi connectivity index (χ0n) is 12.3. The van der Waals surface area contributed by atoms with Crippen LogP contribution in [0.15, 0.2) is 18.5 Å². The van der Waals surface area contributed by atoms with E-state index in [1.807, 2.05) is 18.5 Å². The molecular weight excluding hydrogens is 252 g/mol. The predicted octanol–water partition coefficient (Wildman–Crippen LogP) is 1.56. The first-order chi connectivity index (χ1) is 9.84. The maximum absolute atomic E-state index is 5.27. The van der Waals surface area contributed by atoms with Gasteiger partial charge in [0, 0.05) is 44.7 Å². The molecule has 3 rings (SSSR count). The predicted molar refractivity (Wildman–Crippen MR) is 78.9 cm³/mol. The topological polar surface area (TPSA) is 41.5 Å². The summed E-state index contributed by atoms with van der Waals surface area (Å²) in [6.07, 6.45) is 8.77. The van der Waals surface area contributed by atoms with Crippen LogP contribution in [-0.4, -0.2) is 60.3 Å². The molecule has 5 nitrogen and oxygen atoms in total. The van der Waals surface area contributed by atoms with Crippen molar-refractivity contribution in [1.82, 2.24) is 14.9 Å². The second kappa shape index (κ2) is 6.06. The molecule has 0 bridgehead atoms. The minimum atomic E-state index is 0.315. The van der Waals surface area contributed by atoms with Gasteiger partial charge in [0.2, 0.25) is 5.95 Å². The molecule has 2 aliphatic rings. The molecule has 1 atom stereocenters. The van der Waals surface area contributed by atoms with Gasteiger partial charge in [-0.1, -0.05) is 0 Å². The van der Waals surface area contributed by atoms with Crippen molar-refractivity contribution in [2.75, 3.05) is 44.8 Å². The van der Waals surface area contributed by atoms with Gasteiger partial charge >= 0.3 is 0 Å². The van der Waals surface area contributed by atoms with Gasteiger partial charge in [-0.25, -0.2) is 9.97 Å². The van der Waals surface area contributed by atoms with E-state index in [1.165, 1.54) is 32.2 Å². The Balaban J connectivity index is 1.73. The maximum Gasteiger partial charge on any atom is 0.225 e. The fraction of sp³-hybridized carbons (Fsp3) is 0.733. The number of aromatic nitrogens is 2. The average Bonchev–Trinajstić information content (AvgIpc) is 2.88. The summed E-state index contributed by atoms with van der Waals surface area (Å²) in [7, 11) is 1.79. The summed E-state index contributed by atoms with van der Waals surface area (Å²) in [4.78, 5) is 13.8. The van der Waals surface area contributed by atoms with Crippen LogP contribution in [0, 0.1) is 0 Å². The second-order valence-corrected chi connectivity index (χ2v) is 5.88. The first-order valence-electron chi connectivity index (χ1n) is 7.60. The molecule has 2 saturated heterocycles. The van der Waals surface area contributed by atoms with Gasteiger partial charge in [-0.15, -0.1) is 0 Å². The molecule has 20 heavy (non-hydrogen) atoms. The molecule has 5 heteroatoms. The van der Waals surface area contributed by atoms with E-state index < -0.39 is 0 Å². The number of likely N-dealkylation sites (tertiary alicyclic amines) is 1. The van der Waals surface area contributed by atoms with Crippen molar-refractivity contribution in [2.24, 2.45) is 0 Å². The molecule has 110 valence electrons. The van der Waals surface area contributed by atoms with Gasteiger partial charge in [0.15, 0.2) is 0 Å². The highest BCUT2D eigenvalue weighted by Gasteiger charge is 2.43. The fourth-order valence-corrected chi connectivity index (χ4v) is 3.74. The summed E-state index contributed by atoms with van der Waals surface area (Å²) in [6, 6.07) is 1.88. The first-order valence-corrected chi connectivity index (χ1v) is 7.60. The normalized spacial score (nSPS) is 27.4. The van der Waals surface area contributed by atoms with E-state index in [9.17, 15) is 0 Å². The average molecular weight is 276 g/mol. The van der Waals surface area contributed by atoms with Crippen molar-refractivity contribution < 1.29 is 4.74 Å². The highest BCUT2D eigenvalue weighted by molar-refractivity contribution is 5.31. The van der Waals surface area contributed by atoms with Crippen LogP contribution in [0.25, 0.3) is 0 Å². The Labute approximate surface area is 121 Å². The summed E-state index contributed by atoms with van der Waals surface area (Å²) < 4.78 is 5.27. The monoisotopic (exact) mass is 276 g/mol. The van der Waals surface area contributed by atoms with Gasteiger partial charge in [0.1, 0.15) is 0 Å². The van der Waals surface area contributed by atoms with E-state index in [0.717, 1.165) is 32.2 Å². The van der Waals surface area contributed by atoms with Crippen LogP contribution in [0.1, 0.15) is 25.7 Å². The standard InChI is InChI=1S/C15H24N4O/c1-20-12-11-19-10-3-6-15(19)5-2-9-18(13-15)14-16-7-4-8-17-14/h4,7-8H,2-3,5-6,9-13H2,1H3/t15-/m0/s1. The number of ether oxygens (including phenoxy) is 1. The van der Waals surface area contributed by atoms with Crippen molar-refractivity contribution in [1.29, 1.82) is 0 Å². The van der Waals surface area contributed by atoms with E-state index in [0.29, 0.717) is 5.54 Å². The molecule has 0 N–H and O–H groups in total. The lowest BCUT2D eigenvalue weighted by molar-refractivity contribution is 0.0779. The van der Waals surface area contributed by atoms with Gasteiger partial charge in [-0.2, -0.15) is 0 Å². The zero-order chi connectivity index (χ0) is 13.8. The highest BCUT2D eigenvalue weighted by atomic mass is 16.5. The SMILES string of the molecule is COCCN1CCC[C@]12CCCN(c1ncccn1)C2. The third-order valence-electron chi connectivity index (χ3n) is 4.70. The summed E-state index contributed by atoms with van der Waals surface area (Å²) in [5, 5.41) is 0. The number of rotatable bonds is 4. The molecule has 1 aromatic heterocycles. The van der Waals surface area contributed by atoms with Crippen LogP contribution >= 0.6 is 0 Å². The molecule has 1 spiro atoms. The van der Waals surface area contributed by atoms with Crippen molar-refractivity contribution in [3.05, 3.63) is 18.5 Å². The van der Waals surface area contributed by atoms with Gasteiger partial charge < -0.3 is 9.64 Å². The molecule has 2 fully saturated rings. The van der Waals surface area contributed by atoms with Gasteiger partial charge in [0.05, 0.1) is 6.61 Å². The van der Waals surface area contributed by atoms with Crippen LogP contribution in [0.3, 0.4) is 0 Å². The van der Waals surface area contributed by atoms with Crippen LogP contribution in [-0.2, 0) is 4.74 Å². The van der Waals surface area contributed by atoms with E-state index in [-0.39, 0.29) is 0 Å². The Hall–Kier alpha value is -1.20. The minimum Gasteiger partial charge on any atom is -0.383 e. The molecule has 1 aromatic rings. The van der Waals surface area contributed by atoms with Crippen LogP contribution in [0.2, 0.25) is 0 Å².